The maximum Gasteiger partial charge on any atom is 0.262 e. The molecule has 0 amide bonds. The van der Waals surface area contributed by atoms with E-state index in [1.54, 1.807) is 59.4 Å². The van der Waals surface area contributed by atoms with Gasteiger partial charge in [0.05, 0.1) is 16.3 Å². The molecule has 1 aromatic heterocycles. The lowest BCUT2D eigenvalue weighted by Crippen LogP contribution is -2.14. The van der Waals surface area contributed by atoms with Crippen LogP contribution in [0, 0.1) is 6.92 Å². The molecule has 6 nitrogen and oxygen atoms in total. The monoisotopic (exact) mass is 357 g/mol. The molecule has 3 rings (SSSR count). The van der Waals surface area contributed by atoms with Gasteiger partial charge in [-0.15, -0.1) is 0 Å². The summed E-state index contributed by atoms with van der Waals surface area (Å²) < 4.78 is 35.2. The number of anilines is 1. The van der Waals surface area contributed by atoms with Crippen LogP contribution in [0.4, 0.5) is 5.69 Å². The van der Waals surface area contributed by atoms with E-state index in [2.05, 4.69) is 9.82 Å². The number of aryl methyl sites for hydroxylation is 2. The van der Waals surface area contributed by atoms with Crippen molar-refractivity contribution in [1.82, 2.24) is 9.78 Å². The number of benzene rings is 2. The molecule has 0 bridgehead atoms. The second kappa shape index (κ2) is 6.98. The summed E-state index contributed by atoms with van der Waals surface area (Å²) in [5.41, 5.74) is 2.28. The van der Waals surface area contributed by atoms with Gasteiger partial charge < -0.3 is 4.74 Å². The van der Waals surface area contributed by atoms with E-state index in [9.17, 15) is 8.42 Å². The quantitative estimate of drug-likeness (QED) is 0.736. The van der Waals surface area contributed by atoms with Crippen LogP contribution in [0.2, 0.25) is 0 Å². The molecule has 7 heteroatoms. The molecule has 0 atom stereocenters. The number of nitrogens with one attached hydrogen (secondary N) is 1. The topological polar surface area (TPSA) is 73.2 Å². The van der Waals surface area contributed by atoms with Crippen LogP contribution in [0.5, 0.6) is 5.75 Å². The number of sulfonamides is 1. The van der Waals surface area contributed by atoms with Gasteiger partial charge >= 0.3 is 0 Å². The zero-order chi connectivity index (χ0) is 17.9. The molecule has 130 valence electrons. The Morgan fingerprint density at radius 3 is 2.48 bits per heavy atom. The highest BCUT2D eigenvalue weighted by atomic mass is 32.2. The Morgan fingerprint density at radius 1 is 1.08 bits per heavy atom. The Balaban J connectivity index is 1.80. The summed E-state index contributed by atoms with van der Waals surface area (Å²) in [6.07, 6.45) is 1.69. The molecule has 0 radical (unpaired) electrons. The molecule has 1 N–H and O–H groups in total. The van der Waals surface area contributed by atoms with Crippen LogP contribution in [0.15, 0.2) is 65.7 Å². The third kappa shape index (κ3) is 4.00. The summed E-state index contributed by atoms with van der Waals surface area (Å²) in [5.74, 6) is 0.458. The van der Waals surface area contributed by atoms with Gasteiger partial charge in [0.1, 0.15) is 12.4 Å². The lowest BCUT2D eigenvalue weighted by molar-refractivity contribution is 0.296. The van der Waals surface area contributed by atoms with Gasteiger partial charge in [-0.05, 0) is 37.3 Å². The number of ether oxygens (including phenoxy) is 1. The predicted octanol–water partition coefficient (Wildman–Crippen LogP) is 3.11. The van der Waals surface area contributed by atoms with Gasteiger partial charge in [-0.25, -0.2) is 8.42 Å². The first-order valence-corrected chi connectivity index (χ1v) is 9.22. The number of hydrogen-bond acceptors (Lipinski definition) is 4. The van der Waals surface area contributed by atoms with Crippen molar-refractivity contribution < 1.29 is 13.2 Å². The Labute approximate surface area is 147 Å². The number of nitrogens with zero attached hydrogens (tertiary/aromatic N) is 2. The van der Waals surface area contributed by atoms with E-state index in [0.29, 0.717) is 18.0 Å². The van der Waals surface area contributed by atoms with Crippen LogP contribution in [-0.4, -0.2) is 18.2 Å². The minimum absolute atomic E-state index is 0.208. The first kappa shape index (κ1) is 17.0. The van der Waals surface area contributed by atoms with Crippen LogP contribution in [-0.2, 0) is 23.7 Å². The molecule has 0 unspecified atom stereocenters. The molecule has 2 aromatic carbocycles. The fourth-order valence-electron chi connectivity index (χ4n) is 2.29. The molecule has 1 heterocycles. The van der Waals surface area contributed by atoms with Gasteiger partial charge in [-0.3, -0.25) is 9.40 Å². The molecule has 0 spiro atoms. The molecule has 25 heavy (non-hydrogen) atoms. The summed E-state index contributed by atoms with van der Waals surface area (Å²) in [5, 5.41) is 4.08. The molecule has 0 fully saturated rings. The second-order valence-electron chi connectivity index (χ2n) is 5.65. The van der Waals surface area contributed by atoms with Gasteiger partial charge in [0.25, 0.3) is 10.0 Å². The van der Waals surface area contributed by atoms with E-state index in [4.69, 9.17) is 4.74 Å². The smallest absolute Gasteiger partial charge is 0.262 e. The standard InChI is InChI=1S/C18H19N3O3S/c1-14-7-9-16(10-8-14)25(22,23)20-17-5-3-4-6-18(17)24-13-15-11-12-19-21(15)2/h3-12,20H,13H2,1-2H3. The summed E-state index contributed by atoms with van der Waals surface area (Å²) in [6, 6.07) is 15.5. The van der Waals surface area contributed by atoms with Crippen LogP contribution < -0.4 is 9.46 Å². The fourth-order valence-corrected chi connectivity index (χ4v) is 3.36. The summed E-state index contributed by atoms with van der Waals surface area (Å²) in [6.45, 7) is 2.20. The highest BCUT2D eigenvalue weighted by Crippen LogP contribution is 2.27. The van der Waals surface area contributed by atoms with Crippen molar-refractivity contribution in [2.24, 2.45) is 7.05 Å². The lowest BCUT2D eigenvalue weighted by atomic mass is 10.2. The van der Waals surface area contributed by atoms with Gasteiger partial charge in [0.15, 0.2) is 0 Å². The van der Waals surface area contributed by atoms with Crippen LogP contribution in [0.25, 0.3) is 0 Å². The van der Waals surface area contributed by atoms with Gasteiger partial charge in [0.2, 0.25) is 0 Å². The van der Waals surface area contributed by atoms with E-state index in [1.165, 1.54) is 0 Å². The Morgan fingerprint density at radius 2 is 1.80 bits per heavy atom. The van der Waals surface area contributed by atoms with E-state index in [0.717, 1.165) is 11.3 Å². The van der Waals surface area contributed by atoms with Crippen molar-refractivity contribution in [3.8, 4) is 5.75 Å². The minimum Gasteiger partial charge on any atom is -0.485 e. The Bertz CT molecular complexity index is 963. The maximum atomic E-state index is 12.6. The van der Waals surface area contributed by atoms with E-state index in [-0.39, 0.29) is 4.90 Å². The maximum absolute atomic E-state index is 12.6. The van der Waals surface area contributed by atoms with Crippen molar-refractivity contribution in [1.29, 1.82) is 0 Å². The molecule has 0 saturated heterocycles. The van der Waals surface area contributed by atoms with E-state index < -0.39 is 10.0 Å². The largest absolute Gasteiger partial charge is 0.485 e. The zero-order valence-electron chi connectivity index (χ0n) is 14.0. The van der Waals surface area contributed by atoms with Crippen molar-refractivity contribution in [2.75, 3.05) is 4.72 Å². The molecule has 3 aromatic rings. The van der Waals surface area contributed by atoms with Crippen molar-refractivity contribution >= 4 is 15.7 Å². The van der Waals surface area contributed by atoms with Crippen LogP contribution >= 0.6 is 0 Å². The summed E-state index contributed by atoms with van der Waals surface area (Å²) in [7, 11) is -1.86. The predicted molar refractivity (Wildman–Crippen MR) is 96.0 cm³/mol. The number of hydrogen-bond donors (Lipinski definition) is 1. The summed E-state index contributed by atoms with van der Waals surface area (Å²) in [4.78, 5) is 0.208. The Kier molecular flexibility index (Phi) is 4.76. The van der Waals surface area contributed by atoms with Gasteiger partial charge in [-0.2, -0.15) is 5.10 Å². The molecule has 0 aliphatic rings. The zero-order valence-corrected chi connectivity index (χ0v) is 14.8. The van der Waals surface area contributed by atoms with Crippen molar-refractivity contribution in [3.63, 3.8) is 0 Å². The molecule has 0 aliphatic carbocycles. The molecular formula is C18H19N3O3S. The summed E-state index contributed by atoms with van der Waals surface area (Å²) >= 11 is 0. The number of para-hydroxylation sites is 2. The average Bonchev–Trinajstić information content (AvgIpc) is 2.99. The van der Waals surface area contributed by atoms with Crippen LogP contribution in [0.3, 0.4) is 0 Å². The normalized spacial score (nSPS) is 11.3. The molecular weight excluding hydrogens is 338 g/mol. The SMILES string of the molecule is Cc1ccc(S(=O)(=O)Nc2ccccc2OCc2ccnn2C)cc1. The first-order chi connectivity index (χ1) is 12.0. The highest BCUT2D eigenvalue weighted by Gasteiger charge is 2.16. The molecule has 0 aliphatic heterocycles. The van der Waals surface area contributed by atoms with Gasteiger partial charge in [-0.1, -0.05) is 29.8 Å². The average molecular weight is 357 g/mol. The number of rotatable bonds is 6. The molecule has 0 saturated carbocycles. The fraction of sp³-hybridized carbons (Fsp3) is 0.167. The van der Waals surface area contributed by atoms with Gasteiger partial charge in [0, 0.05) is 13.2 Å². The second-order valence-corrected chi connectivity index (χ2v) is 7.33. The van der Waals surface area contributed by atoms with Crippen molar-refractivity contribution in [3.05, 3.63) is 72.1 Å². The number of aromatic nitrogens is 2. The third-order valence-corrected chi connectivity index (χ3v) is 5.14. The van der Waals surface area contributed by atoms with Crippen molar-refractivity contribution in [2.45, 2.75) is 18.4 Å². The first-order valence-electron chi connectivity index (χ1n) is 7.74. The van der Waals surface area contributed by atoms with Crippen LogP contribution in [0.1, 0.15) is 11.3 Å². The lowest BCUT2D eigenvalue weighted by Gasteiger charge is -2.14. The minimum atomic E-state index is -3.68. The third-order valence-electron chi connectivity index (χ3n) is 3.76. The highest BCUT2D eigenvalue weighted by molar-refractivity contribution is 7.92. The van der Waals surface area contributed by atoms with E-state index >= 15 is 0 Å². The Hall–Kier alpha value is -2.80. The van der Waals surface area contributed by atoms with E-state index in [1.807, 2.05) is 20.0 Å².